The van der Waals surface area contributed by atoms with Crippen molar-refractivity contribution in [3.63, 3.8) is 0 Å². The van der Waals surface area contributed by atoms with Gasteiger partial charge in [-0.1, -0.05) is 74.0 Å². The van der Waals surface area contributed by atoms with Gasteiger partial charge in [-0.25, -0.2) is 8.42 Å². The molecule has 1 heterocycles. The molecule has 1 amide bonds. The molecular formula is C22H28N2O3S. The van der Waals surface area contributed by atoms with Crippen molar-refractivity contribution >= 4 is 15.9 Å². The first-order valence-electron chi connectivity index (χ1n) is 9.89. The van der Waals surface area contributed by atoms with Crippen LogP contribution in [0.15, 0.2) is 60.7 Å². The maximum Gasteiger partial charge on any atom is 0.234 e. The van der Waals surface area contributed by atoms with E-state index in [4.69, 9.17) is 0 Å². The Hall–Kier alpha value is -2.18. The predicted octanol–water partition coefficient (Wildman–Crippen LogP) is 3.09. The van der Waals surface area contributed by atoms with Crippen molar-refractivity contribution in [3.8, 4) is 0 Å². The van der Waals surface area contributed by atoms with Gasteiger partial charge in [0.2, 0.25) is 15.9 Å². The lowest BCUT2D eigenvalue weighted by Crippen LogP contribution is -2.52. The van der Waals surface area contributed by atoms with Crippen molar-refractivity contribution in [2.24, 2.45) is 0 Å². The Balaban J connectivity index is 1.75. The van der Waals surface area contributed by atoms with Crippen LogP contribution in [0.2, 0.25) is 0 Å². The van der Waals surface area contributed by atoms with Gasteiger partial charge in [0.05, 0.1) is 11.7 Å². The first-order valence-corrected chi connectivity index (χ1v) is 11.5. The van der Waals surface area contributed by atoms with E-state index in [2.05, 4.69) is 0 Å². The fraction of sp³-hybridized carbons (Fsp3) is 0.409. The van der Waals surface area contributed by atoms with Gasteiger partial charge in [0.25, 0.3) is 0 Å². The van der Waals surface area contributed by atoms with E-state index >= 15 is 0 Å². The third-order valence-electron chi connectivity index (χ3n) is 5.21. The van der Waals surface area contributed by atoms with Crippen molar-refractivity contribution in [2.45, 2.75) is 25.7 Å². The third kappa shape index (κ3) is 4.80. The monoisotopic (exact) mass is 400 g/mol. The summed E-state index contributed by atoms with van der Waals surface area (Å²) in [4.78, 5) is 15.2. The van der Waals surface area contributed by atoms with Crippen molar-refractivity contribution in [2.75, 3.05) is 31.9 Å². The molecule has 0 radical (unpaired) electrons. The number of hydrogen-bond acceptors (Lipinski definition) is 3. The van der Waals surface area contributed by atoms with Crippen molar-refractivity contribution < 1.29 is 13.2 Å². The van der Waals surface area contributed by atoms with Crippen molar-refractivity contribution in [3.05, 3.63) is 71.8 Å². The Morgan fingerprint density at radius 3 is 1.86 bits per heavy atom. The largest absolute Gasteiger partial charge is 0.339 e. The first-order chi connectivity index (χ1) is 13.5. The van der Waals surface area contributed by atoms with Crippen molar-refractivity contribution in [1.29, 1.82) is 0 Å². The molecule has 0 N–H and O–H groups in total. The molecule has 1 aliphatic heterocycles. The van der Waals surface area contributed by atoms with Crippen LogP contribution >= 0.6 is 0 Å². The molecule has 2 aromatic carbocycles. The maximum atomic E-state index is 13.4. The molecule has 0 unspecified atom stereocenters. The summed E-state index contributed by atoms with van der Waals surface area (Å²) >= 11 is 0. The molecule has 28 heavy (non-hydrogen) atoms. The molecule has 6 heteroatoms. The van der Waals surface area contributed by atoms with Gasteiger partial charge in [-0.15, -0.1) is 0 Å². The van der Waals surface area contributed by atoms with E-state index in [9.17, 15) is 13.2 Å². The van der Waals surface area contributed by atoms with Crippen LogP contribution in [0.25, 0.3) is 0 Å². The molecule has 1 saturated heterocycles. The van der Waals surface area contributed by atoms with Crippen LogP contribution in [0.4, 0.5) is 0 Å². The van der Waals surface area contributed by atoms with Crippen LogP contribution in [-0.2, 0) is 14.8 Å². The second-order valence-corrected chi connectivity index (χ2v) is 9.24. The SMILES string of the molecule is CCCCS(=O)(=O)N1CCN(C(=O)C(c2ccccc2)c2ccccc2)CC1. The van der Waals surface area contributed by atoms with E-state index < -0.39 is 10.0 Å². The highest BCUT2D eigenvalue weighted by Gasteiger charge is 2.32. The molecule has 2 aromatic rings. The van der Waals surface area contributed by atoms with Crippen LogP contribution in [0.3, 0.4) is 0 Å². The number of amides is 1. The average Bonchev–Trinajstić information content (AvgIpc) is 2.74. The second-order valence-electron chi connectivity index (χ2n) is 7.15. The van der Waals surface area contributed by atoms with Crippen LogP contribution in [-0.4, -0.2) is 55.5 Å². The highest BCUT2D eigenvalue weighted by molar-refractivity contribution is 7.89. The number of nitrogens with zero attached hydrogens (tertiary/aromatic N) is 2. The summed E-state index contributed by atoms with van der Waals surface area (Å²) in [6.45, 7) is 3.59. The van der Waals surface area contributed by atoms with Crippen molar-refractivity contribution in [1.82, 2.24) is 9.21 Å². The van der Waals surface area contributed by atoms with Gasteiger partial charge in [-0.05, 0) is 17.5 Å². The normalized spacial score (nSPS) is 15.7. The van der Waals surface area contributed by atoms with E-state index in [1.165, 1.54) is 4.31 Å². The molecule has 1 fully saturated rings. The van der Waals surface area contributed by atoms with Crippen LogP contribution < -0.4 is 0 Å². The number of piperazine rings is 1. The third-order valence-corrected chi connectivity index (χ3v) is 7.17. The Bertz CT molecular complexity index is 822. The summed E-state index contributed by atoms with van der Waals surface area (Å²) in [5.74, 6) is -0.151. The molecule has 5 nitrogen and oxygen atoms in total. The van der Waals surface area contributed by atoms with Gasteiger partial charge >= 0.3 is 0 Å². The van der Waals surface area contributed by atoms with Gasteiger partial charge in [-0.3, -0.25) is 4.79 Å². The van der Waals surface area contributed by atoms with Gasteiger partial charge in [0.1, 0.15) is 0 Å². The molecule has 0 atom stereocenters. The Morgan fingerprint density at radius 2 is 1.39 bits per heavy atom. The molecule has 0 aliphatic carbocycles. The van der Waals surface area contributed by atoms with Crippen LogP contribution in [0.5, 0.6) is 0 Å². The zero-order valence-corrected chi connectivity index (χ0v) is 17.1. The number of hydrogen-bond donors (Lipinski definition) is 0. The lowest BCUT2D eigenvalue weighted by Gasteiger charge is -2.36. The smallest absolute Gasteiger partial charge is 0.234 e. The Morgan fingerprint density at radius 1 is 0.893 bits per heavy atom. The summed E-state index contributed by atoms with van der Waals surface area (Å²) in [6, 6.07) is 19.5. The predicted molar refractivity (Wildman–Crippen MR) is 112 cm³/mol. The van der Waals surface area contributed by atoms with E-state index in [1.54, 1.807) is 4.90 Å². The quantitative estimate of drug-likeness (QED) is 0.718. The van der Waals surface area contributed by atoms with E-state index in [-0.39, 0.29) is 17.6 Å². The van der Waals surface area contributed by atoms with Gasteiger partial charge in [0.15, 0.2) is 0 Å². The van der Waals surface area contributed by atoms with Gasteiger partial charge in [-0.2, -0.15) is 4.31 Å². The second kappa shape index (κ2) is 9.34. The topological polar surface area (TPSA) is 57.7 Å². The zero-order chi connectivity index (χ0) is 20.0. The number of benzene rings is 2. The molecule has 150 valence electrons. The highest BCUT2D eigenvalue weighted by Crippen LogP contribution is 2.27. The van der Waals surface area contributed by atoms with Gasteiger partial charge < -0.3 is 4.90 Å². The van der Waals surface area contributed by atoms with Gasteiger partial charge in [0, 0.05) is 26.2 Å². The molecule has 0 saturated carbocycles. The first kappa shape index (κ1) is 20.6. The summed E-state index contributed by atoms with van der Waals surface area (Å²) in [5, 5.41) is 0. The Kier molecular flexibility index (Phi) is 6.86. The highest BCUT2D eigenvalue weighted by atomic mass is 32.2. The summed E-state index contributed by atoms with van der Waals surface area (Å²) < 4.78 is 26.4. The number of rotatable bonds is 7. The maximum absolute atomic E-state index is 13.4. The number of unbranched alkanes of at least 4 members (excludes halogenated alkanes) is 1. The number of sulfonamides is 1. The fourth-order valence-corrected chi connectivity index (χ4v) is 5.22. The lowest BCUT2D eigenvalue weighted by atomic mass is 9.90. The molecule has 0 aromatic heterocycles. The fourth-order valence-electron chi connectivity index (χ4n) is 3.59. The standard InChI is InChI=1S/C22H28N2O3S/c1-2-3-18-28(26,27)24-16-14-23(15-17-24)22(25)21(19-10-6-4-7-11-19)20-12-8-5-9-13-20/h4-13,21H,2-3,14-18H2,1H3. The minimum Gasteiger partial charge on any atom is -0.339 e. The molecule has 0 bridgehead atoms. The molecule has 1 aliphatic rings. The summed E-state index contributed by atoms with van der Waals surface area (Å²) in [6.07, 6.45) is 1.53. The molecule has 0 spiro atoms. The van der Waals surface area contributed by atoms with Crippen LogP contribution in [0.1, 0.15) is 36.8 Å². The van der Waals surface area contributed by atoms with E-state index in [1.807, 2.05) is 67.6 Å². The molecule has 3 rings (SSSR count). The number of carbonyl (C=O) groups excluding carboxylic acids is 1. The summed E-state index contributed by atoms with van der Waals surface area (Å²) in [7, 11) is -3.22. The lowest BCUT2D eigenvalue weighted by molar-refractivity contribution is -0.133. The minimum absolute atomic E-state index is 0.0306. The molecular weight excluding hydrogens is 372 g/mol. The average molecular weight is 401 g/mol. The Labute approximate surface area is 168 Å². The number of carbonyl (C=O) groups is 1. The van der Waals surface area contributed by atoms with E-state index in [0.717, 1.165) is 17.5 Å². The minimum atomic E-state index is -3.22. The zero-order valence-electron chi connectivity index (χ0n) is 16.3. The summed E-state index contributed by atoms with van der Waals surface area (Å²) in [5.41, 5.74) is 1.91. The van der Waals surface area contributed by atoms with Crippen LogP contribution in [0, 0.1) is 0 Å². The van der Waals surface area contributed by atoms with E-state index in [0.29, 0.717) is 32.6 Å².